The third-order valence-corrected chi connectivity index (χ3v) is 4.48. The Morgan fingerprint density at radius 3 is 2.79 bits per heavy atom. The Labute approximate surface area is 118 Å². The van der Waals surface area contributed by atoms with Crippen molar-refractivity contribution < 1.29 is 0 Å². The maximum absolute atomic E-state index is 6.45. The van der Waals surface area contributed by atoms with Gasteiger partial charge >= 0.3 is 0 Å². The molecule has 0 radical (unpaired) electrons. The molecule has 0 saturated carbocycles. The Morgan fingerprint density at radius 1 is 1.32 bits per heavy atom. The molecule has 106 valence electrons. The molecule has 1 aromatic carbocycles. The van der Waals surface area contributed by atoms with Crippen molar-refractivity contribution in [2.45, 2.75) is 58.5 Å². The Bertz CT molecular complexity index is 414. The van der Waals surface area contributed by atoms with Crippen molar-refractivity contribution in [2.24, 2.45) is 5.73 Å². The van der Waals surface area contributed by atoms with Crippen LogP contribution in [-0.4, -0.2) is 24.0 Å². The van der Waals surface area contributed by atoms with Crippen LogP contribution in [0.2, 0.25) is 0 Å². The predicted octanol–water partition coefficient (Wildman–Crippen LogP) is 3.57. The van der Waals surface area contributed by atoms with E-state index in [2.05, 4.69) is 43.9 Å². The summed E-state index contributed by atoms with van der Waals surface area (Å²) in [5.41, 5.74) is 10.4. The summed E-state index contributed by atoms with van der Waals surface area (Å²) in [6.07, 6.45) is 5.31. The van der Waals surface area contributed by atoms with Gasteiger partial charge in [0.2, 0.25) is 0 Å². The topological polar surface area (TPSA) is 29.3 Å². The van der Waals surface area contributed by atoms with Gasteiger partial charge in [0.05, 0.1) is 0 Å². The number of hydrogen-bond acceptors (Lipinski definition) is 2. The quantitative estimate of drug-likeness (QED) is 0.896. The van der Waals surface area contributed by atoms with Crippen LogP contribution in [-0.2, 0) is 0 Å². The maximum atomic E-state index is 6.45. The highest BCUT2D eigenvalue weighted by molar-refractivity contribution is 5.32. The fourth-order valence-corrected chi connectivity index (χ4v) is 3.36. The number of nitrogens with zero attached hydrogens (tertiary/aromatic N) is 1. The fourth-order valence-electron chi connectivity index (χ4n) is 3.36. The number of likely N-dealkylation sites (tertiary alicyclic amines) is 1. The van der Waals surface area contributed by atoms with Crippen LogP contribution in [0, 0.1) is 13.8 Å². The second-order valence-electron chi connectivity index (χ2n) is 6.02. The van der Waals surface area contributed by atoms with E-state index in [0.29, 0.717) is 0 Å². The van der Waals surface area contributed by atoms with E-state index in [0.717, 1.165) is 12.6 Å². The molecule has 0 aromatic heterocycles. The number of hydrogen-bond donors (Lipinski definition) is 1. The van der Waals surface area contributed by atoms with Crippen LogP contribution in [0.25, 0.3) is 0 Å². The van der Waals surface area contributed by atoms with Crippen LogP contribution in [0.15, 0.2) is 18.2 Å². The smallest absolute Gasteiger partial charge is 0.0427 e. The van der Waals surface area contributed by atoms with Gasteiger partial charge < -0.3 is 5.73 Å². The van der Waals surface area contributed by atoms with Crippen LogP contribution in [0.1, 0.15) is 55.3 Å². The van der Waals surface area contributed by atoms with Gasteiger partial charge in [-0.15, -0.1) is 0 Å². The van der Waals surface area contributed by atoms with Crippen molar-refractivity contribution in [3.63, 3.8) is 0 Å². The summed E-state index contributed by atoms with van der Waals surface area (Å²) in [4.78, 5) is 2.60. The Balaban J connectivity index is 2.05. The summed E-state index contributed by atoms with van der Waals surface area (Å²) in [5.74, 6) is 0. The summed E-state index contributed by atoms with van der Waals surface area (Å²) in [6.45, 7) is 8.83. The highest BCUT2D eigenvalue weighted by Crippen LogP contribution is 2.24. The van der Waals surface area contributed by atoms with Gasteiger partial charge in [0.1, 0.15) is 0 Å². The van der Waals surface area contributed by atoms with Crippen molar-refractivity contribution >= 4 is 0 Å². The molecule has 1 aliphatic heterocycles. The second-order valence-corrected chi connectivity index (χ2v) is 6.02. The molecule has 1 fully saturated rings. The van der Waals surface area contributed by atoms with E-state index in [1.165, 1.54) is 48.9 Å². The molecule has 0 bridgehead atoms. The van der Waals surface area contributed by atoms with Crippen molar-refractivity contribution in [1.29, 1.82) is 0 Å². The molecule has 1 heterocycles. The lowest BCUT2D eigenvalue weighted by atomic mass is 9.96. The van der Waals surface area contributed by atoms with Gasteiger partial charge in [-0.05, 0) is 50.8 Å². The van der Waals surface area contributed by atoms with E-state index in [1.807, 2.05) is 0 Å². The fraction of sp³-hybridized carbons (Fsp3) is 0.647. The summed E-state index contributed by atoms with van der Waals surface area (Å²) in [5, 5.41) is 0. The minimum atomic E-state index is 0.146. The van der Waals surface area contributed by atoms with Crippen LogP contribution in [0.3, 0.4) is 0 Å². The number of benzene rings is 1. The van der Waals surface area contributed by atoms with Crippen LogP contribution in [0.5, 0.6) is 0 Å². The van der Waals surface area contributed by atoms with Crippen LogP contribution < -0.4 is 5.73 Å². The van der Waals surface area contributed by atoms with E-state index >= 15 is 0 Å². The molecule has 1 saturated heterocycles. The lowest BCUT2D eigenvalue weighted by Gasteiger charge is -2.37. The molecule has 1 aromatic rings. The van der Waals surface area contributed by atoms with E-state index in [1.54, 1.807) is 0 Å². The molecule has 2 unspecified atom stereocenters. The summed E-state index contributed by atoms with van der Waals surface area (Å²) < 4.78 is 0. The first kappa shape index (κ1) is 14.5. The summed E-state index contributed by atoms with van der Waals surface area (Å²) >= 11 is 0. The average Bonchev–Trinajstić information content (AvgIpc) is 2.39. The van der Waals surface area contributed by atoms with E-state index in [-0.39, 0.29) is 6.04 Å². The molecule has 2 N–H and O–H groups in total. The van der Waals surface area contributed by atoms with Crippen molar-refractivity contribution in [1.82, 2.24) is 4.90 Å². The molecule has 2 rings (SSSR count). The van der Waals surface area contributed by atoms with Crippen molar-refractivity contribution in [3.05, 3.63) is 34.9 Å². The molecule has 0 aliphatic carbocycles. The lowest BCUT2D eigenvalue weighted by molar-refractivity contribution is 0.135. The molecular weight excluding hydrogens is 232 g/mol. The summed E-state index contributed by atoms with van der Waals surface area (Å²) in [7, 11) is 0. The zero-order valence-electron chi connectivity index (χ0n) is 12.7. The molecule has 0 spiro atoms. The largest absolute Gasteiger partial charge is 0.323 e. The Morgan fingerprint density at radius 2 is 2.11 bits per heavy atom. The van der Waals surface area contributed by atoms with Gasteiger partial charge in [0.15, 0.2) is 0 Å². The van der Waals surface area contributed by atoms with Crippen LogP contribution >= 0.6 is 0 Å². The standard InChI is InChI=1S/C17H28N2/c1-4-15-7-5-6-10-19(15)12-17(18)16-9-8-13(2)11-14(16)3/h8-9,11,15,17H,4-7,10,12,18H2,1-3H3. The third kappa shape index (κ3) is 3.58. The predicted molar refractivity (Wildman–Crippen MR) is 82.3 cm³/mol. The monoisotopic (exact) mass is 260 g/mol. The van der Waals surface area contributed by atoms with E-state index < -0.39 is 0 Å². The van der Waals surface area contributed by atoms with Gasteiger partial charge in [0.25, 0.3) is 0 Å². The minimum absolute atomic E-state index is 0.146. The van der Waals surface area contributed by atoms with E-state index in [4.69, 9.17) is 5.73 Å². The molecule has 19 heavy (non-hydrogen) atoms. The zero-order chi connectivity index (χ0) is 13.8. The third-order valence-electron chi connectivity index (χ3n) is 4.48. The van der Waals surface area contributed by atoms with Gasteiger partial charge in [-0.3, -0.25) is 4.90 Å². The zero-order valence-corrected chi connectivity index (χ0v) is 12.7. The molecule has 0 amide bonds. The highest BCUT2D eigenvalue weighted by atomic mass is 15.2. The van der Waals surface area contributed by atoms with Gasteiger partial charge in [-0.2, -0.15) is 0 Å². The molecule has 1 aliphatic rings. The van der Waals surface area contributed by atoms with E-state index in [9.17, 15) is 0 Å². The average molecular weight is 260 g/mol. The van der Waals surface area contributed by atoms with Crippen molar-refractivity contribution in [2.75, 3.05) is 13.1 Å². The minimum Gasteiger partial charge on any atom is -0.323 e. The highest BCUT2D eigenvalue weighted by Gasteiger charge is 2.23. The Kier molecular flexibility index (Phi) is 5.00. The van der Waals surface area contributed by atoms with Gasteiger partial charge in [0, 0.05) is 18.6 Å². The first-order valence-electron chi connectivity index (χ1n) is 7.68. The maximum Gasteiger partial charge on any atom is 0.0427 e. The second kappa shape index (κ2) is 6.53. The van der Waals surface area contributed by atoms with Crippen molar-refractivity contribution in [3.8, 4) is 0 Å². The Hall–Kier alpha value is -0.860. The van der Waals surface area contributed by atoms with Gasteiger partial charge in [-0.25, -0.2) is 0 Å². The number of rotatable bonds is 4. The first-order chi connectivity index (χ1) is 9.11. The number of nitrogens with two attached hydrogens (primary N) is 1. The molecule has 2 atom stereocenters. The molecule has 2 heteroatoms. The number of aryl methyl sites for hydroxylation is 2. The van der Waals surface area contributed by atoms with Crippen LogP contribution in [0.4, 0.5) is 0 Å². The molecular formula is C17H28N2. The first-order valence-corrected chi connectivity index (χ1v) is 7.68. The summed E-state index contributed by atoms with van der Waals surface area (Å²) in [6, 6.07) is 7.51. The number of piperidine rings is 1. The normalized spacial score (nSPS) is 22.4. The van der Waals surface area contributed by atoms with Gasteiger partial charge in [-0.1, -0.05) is 37.1 Å². The molecule has 2 nitrogen and oxygen atoms in total. The lowest BCUT2D eigenvalue weighted by Crippen LogP contribution is -2.43. The SMILES string of the molecule is CCC1CCCCN1CC(N)c1ccc(C)cc1C.